The Hall–Kier alpha value is -2.51. The molecule has 0 bridgehead atoms. The van der Waals surface area contributed by atoms with Crippen molar-refractivity contribution in [2.24, 2.45) is 0 Å². The van der Waals surface area contributed by atoms with E-state index in [1.54, 1.807) is 6.08 Å². The van der Waals surface area contributed by atoms with Gasteiger partial charge in [0, 0.05) is 0 Å². The maximum atomic E-state index is 11.8. The predicted molar refractivity (Wildman–Crippen MR) is 111 cm³/mol. The molecule has 1 amide bonds. The molecule has 0 unspecified atom stereocenters. The van der Waals surface area contributed by atoms with Crippen molar-refractivity contribution in [1.29, 1.82) is 0 Å². The first-order valence-corrected chi connectivity index (χ1v) is 9.70. The molecule has 0 radical (unpaired) electrons. The summed E-state index contributed by atoms with van der Waals surface area (Å²) in [4.78, 5) is 12.4. The van der Waals surface area contributed by atoms with Crippen LogP contribution in [0.5, 0.6) is 17.2 Å². The summed E-state index contributed by atoms with van der Waals surface area (Å²) in [6, 6.07) is 15.1. The molecule has 1 heterocycles. The van der Waals surface area contributed by atoms with Crippen LogP contribution < -0.4 is 19.5 Å². The minimum Gasteiger partial charge on any atom is -0.490 e. The number of amides is 1. The van der Waals surface area contributed by atoms with Gasteiger partial charge in [0.25, 0.3) is 5.91 Å². The van der Waals surface area contributed by atoms with Crippen LogP contribution >= 0.6 is 24.0 Å². The van der Waals surface area contributed by atoms with Crippen molar-refractivity contribution in [2.75, 3.05) is 19.8 Å². The molecule has 7 heteroatoms. The normalized spacial score (nSPS) is 14.9. The number of nitrogens with one attached hydrogen (secondary N) is 1. The maximum Gasteiger partial charge on any atom is 0.263 e. The van der Waals surface area contributed by atoms with Gasteiger partial charge in [-0.1, -0.05) is 48.2 Å². The third kappa shape index (κ3) is 5.48. The molecule has 0 aliphatic carbocycles. The van der Waals surface area contributed by atoms with E-state index in [4.69, 9.17) is 26.4 Å². The predicted octanol–water partition coefficient (Wildman–Crippen LogP) is 4.03. The molecular formula is C20H19NO4S2. The summed E-state index contributed by atoms with van der Waals surface area (Å²) in [7, 11) is 0. The Labute approximate surface area is 167 Å². The highest BCUT2D eigenvalue weighted by molar-refractivity contribution is 8.26. The second-order valence-electron chi connectivity index (χ2n) is 5.50. The zero-order chi connectivity index (χ0) is 19.1. The van der Waals surface area contributed by atoms with Crippen molar-refractivity contribution in [2.45, 2.75) is 6.92 Å². The summed E-state index contributed by atoms with van der Waals surface area (Å²) in [6.45, 7) is 3.24. The molecule has 3 rings (SSSR count). The van der Waals surface area contributed by atoms with E-state index in [1.165, 1.54) is 11.8 Å². The highest BCUT2D eigenvalue weighted by Crippen LogP contribution is 2.31. The van der Waals surface area contributed by atoms with Crippen molar-refractivity contribution >= 4 is 40.3 Å². The van der Waals surface area contributed by atoms with Gasteiger partial charge >= 0.3 is 0 Å². The highest BCUT2D eigenvalue weighted by atomic mass is 32.2. The Kier molecular flexibility index (Phi) is 6.73. The number of carbonyl (C=O) groups excluding carboxylic acids is 1. The molecule has 1 N–H and O–H groups in total. The van der Waals surface area contributed by atoms with Crippen LogP contribution in [-0.4, -0.2) is 30.0 Å². The molecule has 27 heavy (non-hydrogen) atoms. The summed E-state index contributed by atoms with van der Waals surface area (Å²) in [5.74, 6) is 1.88. The van der Waals surface area contributed by atoms with E-state index in [-0.39, 0.29) is 5.91 Å². The molecule has 140 valence electrons. The van der Waals surface area contributed by atoms with Gasteiger partial charge in [-0.3, -0.25) is 4.79 Å². The van der Waals surface area contributed by atoms with Crippen LogP contribution in [0.3, 0.4) is 0 Å². The smallest absolute Gasteiger partial charge is 0.263 e. The SMILES string of the molecule is CCOc1cc(C=C2SC(=S)NC2=O)ccc1OCCOc1ccccc1. The fourth-order valence-electron chi connectivity index (χ4n) is 2.40. The minimum atomic E-state index is -0.179. The first kappa shape index (κ1) is 19.3. The third-order valence-corrected chi connectivity index (χ3v) is 4.72. The van der Waals surface area contributed by atoms with Crippen molar-refractivity contribution in [1.82, 2.24) is 5.32 Å². The standard InChI is InChI=1S/C20H19NO4S2/c1-2-23-17-12-14(13-18-19(22)21-20(26)27-18)8-9-16(17)25-11-10-24-15-6-4-3-5-7-15/h3-9,12-13H,2,10-11H2,1H3,(H,21,22,26). The monoisotopic (exact) mass is 401 g/mol. The van der Waals surface area contributed by atoms with Crippen LogP contribution in [0.15, 0.2) is 53.4 Å². The highest BCUT2D eigenvalue weighted by Gasteiger charge is 2.22. The average Bonchev–Trinajstić information content (AvgIpc) is 2.98. The van der Waals surface area contributed by atoms with Gasteiger partial charge in [-0.15, -0.1) is 0 Å². The number of thioether (sulfide) groups is 1. The fraction of sp³-hybridized carbons (Fsp3) is 0.200. The Bertz CT molecular complexity index is 852. The largest absolute Gasteiger partial charge is 0.490 e. The molecule has 1 aliphatic heterocycles. The van der Waals surface area contributed by atoms with Crippen LogP contribution in [-0.2, 0) is 4.79 Å². The Balaban J connectivity index is 1.64. The molecule has 2 aromatic carbocycles. The molecule has 0 spiro atoms. The third-order valence-electron chi connectivity index (χ3n) is 3.56. The molecule has 2 aromatic rings. The first-order valence-electron chi connectivity index (χ1n) is 8.48. The topological polar surface area (TPSA) is 56.8 Å². The lowest BCUT2D eigenvalue weighted by Gasteiger charge is -2.13. The van der Waals surface area contributed by atoms with E-state index < -0.39 is 0 Å². The Morgan fingerprint density at radius 2 is 1.81 bits per heavy atom. The van der Waals surface area contributed by atoms with E-state index in [0.29, 0.717) is 40.5 Å². The maximum absolute atomic E-state index is 11.8. The van der Waals surface area contributed by atoms with Gasteiger partial charge in [-0.25, -0.2) is 0 Å². The van der Waals surface area contributed by atoms with Crippen LogP contribution in [0.4, 0.5) is 0 Å². The van der Waals surface area contributed by atoms with Crippen molar-refractivity contribution < 1.29 is 19.0 Å². The molecule has 0 aromatic heterocycles. The summed E-state index contributed by atoms with van der Waals surface area (Å²) in [5, 5.41) is 2.60. The van der Waals surface area contributed by atoms with Gasteiger partial charge in [0.1, 0.15) is 23.3 Å². The molecule has 5 nitrogen and oxygen atoms in total. The molecule has 1 fully saturated rings. The van der Waals surface area contributed by atoms with Gasteiger partial charge < -0.3 is 19.5 Å². The summed E-state index contributed by atoms with van der Waals surface area (Å²) in [5.41, 5.74) is 0.841. The quantitative estimate of drug-likeness (QED) is 0.409. The van der Waals surface area contributed by atoms with Crippen molar-refractivity contribution in [3.8, 4) is 17.2 Å². The average molecular weight is 402 g/mol. The summed E-state index contributed by atoms with van der Waals surface area (Å²) in [6.07, 6.45) is 1.78. The fourth-order valence-corrected chi connectivity index (χ4v) is 3.45. The van der Waals surface area contributed by atoms with E-state index >= 15 is 0 Å². The van der Waals surface area contributed by atoms with Gasteiger partial charge in [0.2, 0.25) is 0 Å². The molecule has 0 atom stereocenters. The number of para-hydroxylation sites is 1. The number of thiocarbonyl (C=S) groups is 1. The number of benzene rings is 2. The van der Waals surface area contributed by atoms with Gasteiger partial charge in [0.15, 0.2) is 11.5 Å². The summed E-state index contributed by atoms with van der Waals surface area (Å²) >= 11 is 6.26. The number of carbonyl (C=O) groups is 1. The lowest BCUT2D eigenvalue weighted by molar-refractivity contribution is -0.115. The van der Waals surface area contributed by atoms with Gasteiger partial charge in [-0.2, -0.15) is 0 Å². The lowest BCUT2D eigenvalue weighted by Crippen LogP contribution is -2.17. The van der Waals surface area contributed by atoms with E-state index in [9.17, 15) is 4.79 Å². The van der Waals surface area contributed by atoms with Crippen molar-refractivity contribution in [3.05, 3.63) is 59.0 Å². The van der Waals surface area contributed by atoms with Crippen LogP contribution in [0.1, 0.15) is 12.5 Å². The Morgan fingerprint density at radius 3 is 2.52 bits per heavy atom. The van der Waals surface area contributed by atoms with E-state index in [1.807, 2.05) is 55.5 Å². The van der Waals surface area contributed by atoms with Crippen LogP contribution in [0.2, 0.25) is 0 Å². The zero-order valence-electron chi connectivity index (χ0n) is 14.8. The summed E-state index contributed by atoms with van der Waals surface area (Å²) < 4.78 is 17.6. The second kappa shape index (κ2) is 9.43. The zero-order valence-corrected chi connectivity index (χ0v) is 16.4. The molecule has 0 saturated carbocycles. The number of hydrogen-bond donors (Lipinski definition) is 1. The van der Waals surface area contributed by atoms with Crippen LogP contribution in [0.25, 0.3) is 6.08 Å². The Morgan fingerprint density at radius 1 is 1.04 bits per heavy atom. The minimum absolute atomic E-state index is 0.179. The van der Waals surface area contributed by atoms with E-state index in [2.05, 4.69) is 5.32 Å². The van der Waals surface area contributed by atoms with E-state index in [0.717, 1.165) is 11.3 Å². The number of ether oxygens (including phenoxy) is 3. The molecule has 1 aliphatic rings. The second-order valence-corrected chi connectivity index (χ2v) is 7.22. The molecule has 1 saturated heterocycles. The lowest BCUT2D eigenvalue weighted by atomic mass is 10.2. The van der Waals surface area contributed by atoms with Gasteiger partial charge in [0.05, 0.1) is 11.5 Å². The van der Waals surface area contributed by atoms with Crippen molar-refractivity contribution in [3.63, 3.8) is 0 Å². The van der Waals surface area contributed by atoms with Gasteiger partial charge in [-0.05, 0) is 42.8 Å². The number of rotatable bonds is 8. The molecular weight excluding hydrogens is 382 g/mol. The first-order chi connectivity index (χ1) is 13.2. The van der Waals surface area contributed by atoms with Crippen LogP contribution in [0, 0.1) is 0 Å². The number of hydrogen-bond acceptors (Lipinski definition) is 6.